The molecule has 0 aromatic heterocycles. The molecule has 0 saturated heterocycles. The quantitative estimate of drug-likeness (QED) is 0.168. The molecule has 47 heavy (non-hydrogen) atoms. The molecule has 6 rings (SSSR count). The predicted molar refractivity (Wildman–Crippen MR) is 189 cm³/mol. The van der Waals surface area contributed by atoms with Crippen molar-refractivity contribution in [3.8, 4) is 0 Å². The van der Waals surface area contributed by atoms with Gasteiger partial charge < -0.3 is 43.6 Å². The van der Waals surface area contributed by atoms with Crippen molar-refractivity contribution in [3.05, 3.63) is 119 Å². The smallest absolute Gasteiger partial charge is 0.188 e. The summed E-state index contributed by atoms with van der Waals surface area (Å²) in [6, 6.07) is 35.8. The molecule has 4 aromatic carbocycles. The third-order valence-electron chi connectivity index (χ3n) is 9.63. The molecular weight excluding hydrogens is 623 g/mol. The number of hydrogen-bond donors (Lipinski definition) is 0. The van der Waals surface area contributed by atoms with E-state index in [4.69, 9.17) is 4.74 Å². The van der Waals surface area contributed by atoms with E-state index in [-0.39, 0.29) is 24.8 Å². The maximum absolute atomic E-state index is 6.43. The number of aryl methyl sites for hydroxylation is 4. The molecule has 0 spiro atoms. The van der Waals surface area contributed by atoms with Crippen molar-refractivity contribution >= 4 is 22.7 Å². The molecule has 0 unspecified atom stereocenters. The number of hydrogen-bond acceptors (Lipinski definition) is 3. The molecule has 0 N–H and O–H groups in total. The zero-order valence-electron chi connectivity index (χ0n) is 28.7. The first-order valence-corrected chi connectivity index (χ1v) is 16.9. The summed E-state index contributed by atoms with van der Waals surface area (Å²) in [6.45, 7) is 5.62. The Balaban J connectivity index is 0.00000250. The second kappa shape index (κ2) is 16.4. The van der Waals surface area contributed by atoms with Crippen LogP contribution in [-0.2, 0) is 30.4 Å². The number of fused-ring (bicyclic) bond motifs is 4. The summed E-state index contributed by atoms with van der Waals surface area (Å²) >= 11 is 0. The lowest BCUT2D eigenvalue weighted by Gasteiger charge is -2.35. The minimum absolute atomic E-state index is 0. The molecule has 0 radical (unpaired) electrons. The van der Waals surface area contributed by atoms with Gasteiger partial charge in [0, 0.05) is 48.7 Å². The predicted octanol–water partition coefficient (Wildman–Crippen LogP) is 1.73. The van der Waals surface area contributed by atoms with E-state index in [1.54, 1.807) is 0 Å². The van der Waals surface area contributed by atoms with Gasteiger partial charge in [0.1, 0.15) is 0 Å². The molecule has 0 amide bonds. The molecule has 0 bridgehead atoms. The van der Waals surface area contributed by atoms with Gasteiger partial charge >= 0.3 is 0 Å². The van der Waals surface area contributed by atoms with Crippen LogP contribution in [0.4, 0.5) is 22.7 Å². The minimum atomic E-state index is 0. The summed E-state index contributed by atoms with van der Waals surface area (Å²) < 4.78 is 8.15. The van der Waals surface area contributed by atoms with E-state index in [0.717, 1.165) is 87.1 Å². The highest BCUT2D eigenvalue weighted by Crippen LogP contribution is 2.37. The van der Waals surface area contributed by atoms with Crippen LogP contribution >= 0.6 is 0 Å². The average molecular weight is 676 g/mol. The van der Waals surface area contributed by atoms with Gasteiger partial charge in [-0.1, -0.05) is 72.8 Å². The van der Waals surface area contributed by atoms with Crippen molar-refractivity contribution < 1.29 is 38.5 Å². The van der Waals surface area contributed by atoms with Crippen molar-refractivity contribution in [1.29, 1.82) is 0 Å². The molecule has 2 heterocycles. The molecule has 0 saturated carbocycles. The maximum atomic E-state index is 6.43. The number of halogens is 2. The summed E-state index contributed by atoms with van der Waals surface area (Å²) in [5.41, 5.74) is 11.3. The fraction of sp³-hybridized carbons (Fsp3) is 0.400. The Morgan fingerprint density at radius 1 is 0.468 bits per heavy atom. The van der Waals surface area contributed by atoms with Crippen molar-refractivity contribution in [2.45, 2.75) is 38.5 Å². The van der Waals surface area contributed by atoms with Crippen molar-refractivity contribution in [2.24, 2.45) is 0 Å². The Kier molecular flexibility index (Phi) is 12.8. The zero-order chi connectivity index (χ0) is 31.3. The average Bonchev–Trinajstić information content (AvgIpc) is 3.29. The first-order chi connectivity index (χ1) is 21.8. The standard InChI is InChI=1S/C40H52N4O.2ClH/c1-43(2,29-13-27-41-37-19-9-5-15-33(37)23-24-34-16-6-10-20-38(34)41)31-45-32-44(3,4)30-14-28-42-39-21-11-7-17-35(39)25-26-36-18-8-12-22-40(36)42;;/h5-12,15-22H,13-14,23-32H2,1-4H3;2*1H/q+2;;/p-2. The van der Waals surface area contributed by atoms with Crippen LogP contribution in [0, 0.1) is 0 Å². The Labute approximate surface area is 295 Å². The number of ether oxygens (including phenoxy) is 1. The van der Waals surface area contributed by atoms with Crippen LogP contribution in [0.25, 0.3) is 0 Å². The van der Waals surface area contributed by atoms with E-state index in [1.807, 2.05) is 0 Å². The molecule has 2 aliphatic heterocycles. The summed E-state index contributed by atoms with van der Waals surface area (Å²) in [4.78, 5) is 5.11. The summed E-state index contributed by atoms with van der Waals surface area (Å²) in [5.74, 6) is 0. The van der Waals surface area contributed by atoms with Gasteiger partial charge in [0.05, 0.1) is 41.3 Å². The monoisotopic (exact) mass is 674 g/mol. The SMILES string of the molecule is C[N+](C)(CCCN1c2ccccc2CCc2ccccc21)COC[N+](C)(C)CCCN1c2ccccc2CCc2ccccc21.[Cl-].[Cl-]. The van der Waals surface area contributed by atoms with Crippen LogP contribution in [0.5, 0.6) is 0 Å². The van der Waals surface area contributed by atoms with Gasteiger partial charge in [0.2, 0.25) is 0 Å². The molecule has 5 nitrogen and oxygen atoms in total. The Morgan fingerprint density at radius 3 is 1.04 bits per heavy atom. The van der Waals surface area contributed by atoms with Gasteiger partial charge in [-0.3, -0.25) is 4.74 Å². The third kappa shape index (κ3) is 9.10. The highest BCUT2D eigenvalue weighted by atomic mass is 35.5. The van der Waals surface area contributed by atoms with Crippen molar-refractivity contribution in [3.63, 3.8) is 0 Å². The van der Waals surface area contributed by atoms with Crippen LogP contribution < -0.4 is 34.6 Å². The summed E-state index contributed by atoms with van der Waals surface area (Å²) in [7, 11) is 9.22. The van der Waals surface area contributed by atoms with E-state index in [0.29, 0.717) is 0 Å². The van der Waals surface area contributed by atoms with Crippen LogP contribution in [0.1, 0.15) is 35.1 Å². The minimum Gasteiger partial charge on any atom is -1.00 e. The topological polar surface area (TPSA) is 15.7 Å². The molecule has 0 aliphatic carbocycles. The van der Waals surface area contributed by atoms with Crippen LogP contribution in [0.2, 0.25) is 0 Å². The van der Waals surface area contributed by atoms with E-state index in [9.17, 15) is 0 Å². The largest absolute Gasteiger partial charge is 1.00 e. The maximum Gasteiger partial charge on any atom is 0.188 e. The zero-order valence-corrected chi connectivity index (χ0v) is 30.2. The number of nitrogens with zero attached hydrogens (tertiary/aromatic N) is 4. The number of para-hydroxylation sites is 4. The molecule has 7 heteroatoms. The van der Waals surface area contributed by atoms with E-state index in [2.05, 4.69) is 135 Å². The lowest BCUT2D eigenvalue weighted by molar-refractivity contribution is -0.944. The highest BCUT2D eigenvalue weighted by molar-refractivity contribution is 5.72. The lowest BCUT2D eigenvalue weighted by Crippen LogP contribution is -3.00. The van der Waals surface area contributed by atoms with Gasteiger partial charge in [-0.25, -0.2) is 0 Å². The van der Waals surface area contributed by atoms with Gasteiger partial charge in [-0.15, -0.1) is 0 Å². The Hall–Kier alpha value is -3.06. The lowest BCUT2D eigenvalue weighted by atomic mass is 10.0. The highest BCUT2D eigenvalue weighted by Gasteiger charge is 2.25. The van der Waals surface area contributed by atoms with Gasteiger partial charge in [0.25, 0.3) is 0 Å². The number of quaternary nitrogens is 2. The summed E-state index contributed by atoms with van der Waals surface area (Å²) in [5, 5.41) is 0. The van der Waals surface area contributed by atoms with Crippen molar-refractivity contribution in [2.75, 3.05) is 77.6 Å². The molecule has 0 atom stereocenters. The number of anilines is 4. The molecule has 4 aromatic rings. The second-order valence-electron chi connectivity index (χ2n) is 14.3. The van der Waals surface area contributed by atoms with E-state index < -0.39 is 0 Å². The third-order valence-corrected chi connectivity index (χ3v) is 9.63. The Bertz CT molecular complexity index is 1380. The van der Waals surface area contributed by atoms with Crippen LogP contribution in [0.3, 0.4) is 0 Å². The first kappa shape index (κ1) is 36.8. The molecule has 252 valence electrons. The molecule has 2 aliphatic rings. The van der Waals surface area contributed by atoms with E-state index in [1.165, 1.54) is 45.0 Å². The Morgan fingerprint density at radius 2 is 0.745 bits per heavy atom. The number of benzene rings is 4. The fourth-order valence-electron chi connectivity index (χ4n) is 7.20. The van der Waals surface area contributed by atoms with Crippen molar-refractivity contribution in [1.82, 2.24) is 0 Å². The van der Waals surface area contributed by atoms with Gasteiger partial charge in [-0.2, -0.15) is 0 Å². The fourth-order valence-corrected chi connectivity index (χ4v) is 7.20. The van der Waals surface area contributed by atoms with E-state index >= 15 is 0 Å². The molecular formula is C40H52Cl2N4O. The number of rotatable bonds is 12. The van der Waals surface area contributed by atoms with Crippen LogP contribution in [-0.4, -0.2) is 76.8 Å². The van der Waals surface area contributed by atoms with Gasteiger partial charge in [0.15, 0.2) is 13.5 Å². The second-order valence-corrected chi connectivity index (χ2v) is 14.3. The normalized spacial score (nSPS) is 14.0. The van der Waals surface area contributed by atoms with Crippen LogP contribution in [0.15, 0.2) is 97.1 Å². The summed E-state index contributed by atoms with van der Waals surface area (Å²) in [6.07, 6.45) is 6.63. The van der Waals surface area contributed by atoms with Gasteiger partial charge in [-0.05, 0) is 72.2 Å². The molecule has 0 fully saturated rings. The first-order valence-electron chi connectivity index (χ1n) is 16.9.